The van der Waals surface area contributed by atoms with Gasteiger partial charge < -0.3 is 0 Å². The first-order valence-corrected chi connectivity index (χ1v) is 7.16. The fourth-order valence-electron chi connectivity index (χ4n) is 3.03. The predicted molar refractivity (Wildman–Crippen MR) is 74.6 cm³/mol. The van der Waals surface area contributed by atoms with Crippen LogP contribution in [-0.2, 0) is 11.2 Å². The van der Waals surface area contributed by atoms with Gasteiger partial charge in [0.2, 0.25) is 0 Å². The molecule has 16 heavy (non-hydrogen) atoms. The minimum absolute atomic E-state index is 0.330. The molecular weight excluding hydrogens is 232 g/mol. The lowest BCUT2D eigenvalue weighted by Gasteiger charge is -2.22. The first-order valence-electron chi connectivity index (χ1n) is 5.65. The normalized spacial score (nSPS) is 30.2. The van der Waals surface area contributed by atoms with Crippen LogP contribution < -0.4 is 0 Å². The van der Waals surface area contributed by atoms with Crippen LogP contribution in [0.3, 0.4) is 0 Å². The maximum atomic E-state index is 4.57. The smallest absolute Gasteiger partial charge is 0.0627 e. The molecule has 0 aromatic heterocycles. The summed E-state index contributed by atoms with van der Waals surface area (Å²) in [5.74, 6) is 0.968. The van der Waals surface area contributed by atoms with Crippen molar-refractivity contribution in [2.45, 2.75) is 16.4 Å². The third kappa shape index (κ3) is 1.000. The van der Waals surface area contributed by atoms with Gasteiger partial charge in [-0.25, -0.2) is 0 Å². The monoisotopic (exact) mass is 244 g/mol. The Morgan fingerprint density at radius 2 is 2.06 bits per heavy atom. The highest BCUT2D eigenvalue weighted by atomic mass is 32.2. The van der Waals surface area contributed by atoms with Crippen LogP contribution in [0.2, 0.25) is 0 Å². The van der Waals surface area contributed by atoms with Crippen LogP contribution in [0.5, 0.6) is 0 Å². The summed E-state index contributed by atoms with van der Waals surface area (Å²) in [6, 6.07) is 13.4. The zero-order chi connectivity index (χ0) is 10.8. The molecule has 0 bridgehead atoms. The molecule has 2 atom stereocenters. The molecule has 80 valence electrons. The molecule has 0 radical (unpaired) electrons. The minimum Gasteiger partial charge on any atom is -0.178 e. The number of hydrogen-bond acceptors (Lipinski definition) is 2. The summed E-state index contributed by atoms with van der Waals surface area (Å²) in [4.78, 5) is 0. The largest absolute Gasteiger partial charge is 0.178 e. The SMILES string of the molecule is SCC12SC1Cc1cccc3cccc2c13. The van der Waals surface area contributed by atoms with Crippen LogP contribution in [-0.4, -0.2) is 11.0 Å². The van der Waals surface area contributed by atoms with Crippen molar-refractivity contribution in [1.29, 1.82) is 0 Å². The van der Waals surface area contributed by atoms with Crippen molar-refractivity contribution in [3.8, 4) is 0 Å². The van der Waals surface area contributed by atoms with Gasteiger partial charge in [0.15, 0.2) is 0 Å². The van der Waals surface area contributed by atoms with Crippen LogP contribution in [0.4, 0.5) is 0 Å². The third-order valence-corrected chi connectivity index (χ3v) is 6.28. The molecule has 1 aliphatic heterocycles. The lowest BCUT2D eigenvalue weighted by Crippen LogP contribution is -2.20. The number of thiol groups is 1. The molecule has 1 saturated heterocycles. The number of hydrogen-bond donors (Lipinski definition) is 1. The van der Waals surface area contributed by atoms with Gasteiger partial charge in [-0.15, -0.1) is 11.8 Å². The molecule has 0 nitrogen and oxygen atoms in total. The fourth-order valence-corrected chi connectivity index (χ4v) is 5.13. The first kappa shape index (κ1) is 9.43. The van der Waals surface area contributed by atoms with Crippen LogP contribution in [0.15, 0.2) is 36.4 Å². The van der Waals surface area contributed by atoms with Crippen molar-refractivity contribution in [2.24, 2.45) is 0 Å². The molecule has 4 rings (SSSR count). The lowest BCUT2D eigenvalue weighted by molar-refractivity contribution is 0.737. The van der Waals surface area contributed by atoms with Gasteiger partial charge in [-0.3, -0.25) is 0 Å². The molecule has 2 unspecified atom stereocenters. The van der Waals surface area contributed by atoms with Gasteiger partial charge in [-0.1, -0.05) is 36.4 Å². The van der Waals surface area contributed by atoms with Gasteiger partial charge in [0.05, 0.1) is 4.75 Å². The molecule has 0 spiro atoms. The van der Waals surface area contributed by atoms with E-state index in [0.29, 0.717) is 4.75 Å². The second kappa shape index (κ2) is 2.99. The second-order valence-electron chi connectivity index (χ2n) is 4.68. The highest BCUT2D eigenvalue weighted by Gasteiger charge is 2.58. The summed E-state index contributed by atoms with van der Waals surface area (Å²) in [6.07, 6.45) is 1.22. The van der Waals surface area contributed by atoms with Gasteiger partial charge in [0.25, 0.3) is 0 Å². The predicted octanol–water partition coefficient (Wildman–Crippen LogP) is 3.64. The Morgan fingerprint density at radius 1 is 1.25 bits per heavy atom. The molecule has 1 aliphatic carbocycles. The van der Waals surface area contributed by atoms with E-state index < -0.39 is 0 Å². The van der Waals surface area contributed by atoms with Crippen molar-refractivity contribution < 1.29 is 0 Å². The molecule has 2 heteroatoms. The molecule has 1 heterocycles. The zero-order valence-corrected chi connectivity index (χ0v) is 10.5. The van der Waals surface area contributed by atoms with E-state index in [4.69, 9.17) is 0 Å². The molecule has 2 aromatic carbocycles. The molecule has 1 fully saturated rings. The van der Waals surface area contributed by atoms with Crippen LogP contribution in [0.1, 0.15) is 11.1 Å². The topological polar surface area (TPSA) is 0 Å². The Morgan fingerprint density at radius 3 is 2.88 bits per heavy atom. The summed E-state index contributed by atoms with van der Waals surface area (Å²) >= 11 is 6.67. The van der Waals surface area contributed by atoms with E-state index in [1.807, 2.05) is 0 Å². The second-order valence-corrected chi connectivity index (χ2v) is 6.53. The molecule has 0 N–H and O–H groups in total. The Bertz CT molecular complexity index is 585. The highest BCUT2D eigenvalue weighted by molar-refractivity contribution is 8.08. The summed E-state index contributed by atoms with van der Waals surface area (Å²) in [5, 5.41) is 3.66. The summed E-state index contributed by atoms with van der Waals surface area (Å²) in [5.41, 5.74) is 3.05. The standard InChI is InChI=1S/C14H12S2/c15-8-14-11-6-2-4-9-3-1-5-10(13(9)11)7-12(14)16-14/h1-6,12,15H,7-8H2. The van der Waals surface area contributed by atoms with Gasteiger partial charge >= 0.3 is 0 Å². The van der Waals surface area contributed by atoms with Crippen molar-refractivity contribution in [1.82, 2.24) is 0 Å². The molecule has 2 aliphatic rings. The van der Waals surface area contributed by atoms with Crippen molar-refractivity contribution in [2.75, 3.05) is 5.75 Å². The average molecular weight is 244 g/mol. The number of rotatable bonds is 1. The number of fused-ring (bicyclic) bond motifs is 2. The van der Waals surface area contributed by atoms with E-state index in [-0.39, 0.29) is 0 Å². The molecule has 0 amide bonds. The minimum atomic E-state index is 0.330. The van der Waals surface area contributed by atoms with Crippen LogP contribution in [0.25, 0.3) is 10.8 Å². The Balaban J connectivity index is 2.14. The van der Waals surface area contributed by atoms with Gasteiger partial charge in [0.1, 0.15) is 0 Å². The van der Waals surface area contributed by atoms with E-state index in [0.717, 1.165) is 11.0 Å². The van der Waals surface area contributed by atoms with Gasteiger partial charge in [-0.2, -0.15) is 12.6 Å². The number of benzene rings is 2. The summed E-state index contributed by atoms with van der Waals surface area (Å²) in [6.45, 7) is 0. The highest BCUT2D eigenvalue weighted by Crippen LogP contribution is 2.66. The van der Waals surface area contributed by atoms with Crippen LogP contribution >= 0.6 is 24.4 Å². The maximum Gasteiger partial charge on any atom is 0.0627 e. The first-order chi connectivity index (χ1) is 7.85. The van der Waals surface area contributed by atoms with Gasteiger partial charge in [0, 0.05) is 11.0 Å². The Labute approximate surface area is 105 Å². The van der Waals surface area contributed by atoms with E-state index in [2.05, 4.69) is 60.8 Å². The van der Waals surface area contributed by atoms with E-state index in [1.165, 1.54) is 28.3 Å². The Hall–Kier alpha value is -0.600. The fraction of sp³-hybridized carbons (Fsp3) is 0.286. The third-order valence-electron chi connectivity index (χ3n) is 3.90. The molecular formula is C14H12S2. The summed E-state index contributed by atoms with van der Waals surface area (Å²) < 4.78 is 0.330. The van der Waals surface area contributed by atoms with Gasteiger partial charge in [-0.05, 0) is 28.3 Å². The average Bonchev–Trinajstić information content (AvgIpc) is 3.05. The van der Waals surface area contributed by atoms with Crippen molar-refractivity contribution >= 4 is 35.2 Å². The van der Waals surface area contributed by atoms with Crippen molar-refractivity contribution in [3.05, 3.63) is 47.5 Å². The lowest BCUT2D eigenvalue weighted by atomic mass is 9.82. The maximum absolute atomic E-state index is 4.57. The van der Waals surface area contributed by atoms with E-state index >= 15 is 0 Å². The Kier molecular flexibility index (Phi) is 1.76. The van der Waals surface area contributed by atoms with E-state index in [9.17, 15) is 0 Å². The summed E-state index contributed by atoms with van der Waals surface area (Å²) in [7, 11) is 0. The van der Waals surface area contributed by atoms with Crippen LogP contribution in [0, 0.1) is 0 Å². The van der Waals surface area contributed by atoms with Crippen molar-refractivity contribution in [3.63, 3.8) is 0 Å². The quantitative estimate of drug-likeness (QED) is 0.590. The van der Waals surface area contributed by atoms with E-state index in [1.54, 1.807) is 0 Å². The number of thioether (sulfide) groups is 1. The molecule has 0 saturated carbocycles. The zero-order valence-electron chi connectivity index (χ0n) is 8.81. The molecule has 2 aromatic rings.